The summed E-state index contributed by atoms with van der Waals surface area (Å²) in [7, 11) is 0. The van der Waals surface area contributed by atoms with Crippen LogP contribution in [0.25, 0.3) is 0 Å². The number of hydrogen-bond donors (Lipinski definition) is 2. The molecule has 0 aromatic heterocycles. The SMILES string of the molecule is CCCNC(C)CC(=O)Nc1ccccc1C(F)(F)F. The van der Waals surface area contributed by atoms with Crippen LogP contribution in [0.5, 0.6) is 0 Å². The van der Waals surface area contributed by atoms with Gasteiger partial charge in [0.2, 0.25) is 5.91 Å². The summed E-state index contributed by atoms with van der Waals surface area (Å²) in [4.78, 5) is 11.7. The van der Waals surface area contributed by atoms with Gasteiger partial charge in [0.1, 0.15) is 0 Å². The van der Waals surface area contributed by atoms with Crippen molar-refractivity contribution >= 4 is 11.6 Å². The van der Waals surface area contributed by atoms with Crippen LogP contribution in [-0.2, 0) is 11.0 Å². The first-order chi connectivity index (χ1) is 9.34. The number of carbonyl (C=O) groups is 1. The van der Waals surface area contributed by atoms with Crippen molar-refractivity contribution < 1.29 is 18.0 Å². The predicted molar refractivity (Wildman–Crippen MR) is 72.4 cm³/mol. The average molecular weight is 288 g/mol. The lowest BCUT2D eigenvalue weighted by Gasteiger charge is -2.16. The Bertz CT molecular complexity index is 446. The maximum absolute atomic E-state index is 12.8. The highest BCUT2D eigenvalue weighted by molar-refractivity contribution is 5.92. The van der Waals surface area contributed by atoms with Crippen LogP contribution in [0, 0.1) is 0 Å². The Morgan fingerprint density at radius 3 is 2.55 bits per heavy atom. The Balaban J connectivity index is 2.67. The molecule has 20 heavy (non-hydrogen) atoms. The highest BCUT2D eigenvalue weighted by Gasteiger charge is 2.33. The molecule has 0 fully saturated rings. The average Bonchev–Trinajstić information content (AvgIpc) is 2.35. The quantitative estimate of drug-likeness (QED) is 0.842. The molecule has 0 bridgehead atoms. The van der Waals surface area contributed by atoms with Gasteiger partial charge in [-0.2, -0.15) is 13.2 Å². The molecule has 1 aromatic rings. The topological polar surface area (TPSA) is 41.1 Å². The van der Waals surface area contributed by atoms with Crippen LogP contribution in [0.3, 0.4) is 0 Å². The van der Waals surface area contributed by atoms with Gasteiger partial charge in [0, 0.05) is 12.5 Å². The fourth-order valence-electron chi connectivity index (χ4n) is 1.78. The molecule has 1 rings (SSSR count). The number of hydrogen-bond acceptors (Lipinski definition) is 2. The third-order valence-electron chi connectivity index (χ3n) is 2.74. The van der Waals surface area contributed by atoms with Crippen LogP contribution in [0.1, 0.15) is 32.3 Å². The summed E-state index contributed by atoms with van der Waals surface area (Å²) in [5.41, 5.74) is -1.03. The molecule has 1 amide bonds. The molecular weight excluding hydrogens is 269 g/mol. The minimum atomic E-state index is -4.48. The molecule has 0 radical (unpaired) electrons. The van der Waals surface area contributed by atoms with Gasteiger partial charge < -0.3 is 10.6 Å². The predicted octanol–water partition coefficient (Wildman–Crippen LogP) is 3.42. The highest BCUT2D eigenvalue weighted by atomic mass is 19.4. The van der Waals surface area contributed by atoms with E-state index in [-0.39, 0.29) is 18.2 Å². The zero-order valence-electron chi connectivity index (χ0n) is 11.6. The number of alkyl halides is 3. The van der Waals surface area contributed by atoms with Crippen molar-refractivity contribution in [3.8, 4) is 0 Å². The zero-order chi connectivity index (χ0) is 15.2. The number of halogens is 3. The Labute approximate surface area is 116 Å². The second kappa shape index (κ2) is 7.28. The number of carbonyl (C=O) groups excluding carboxylic acids is 1. The van der Waals surface area contributed by atoms with Crippen molar-refractivity contribution in [1.82, 2.24) is 5.32 Å². The molecule has 3 nitrogen and oxygen atoms in total. The van der Waals surface area contributed by atoms with E-state index in [1.54, 1.807) is 0 Å². The largest absolute Gasteiger partial charge is 0.418 e. The van der Waals surface area contributed by atoms with Gasteiger partial charge in [0.05, 0.1) is 11.3 Å². The molecular formula is C14H19F3N2O. The number of amides is 1. The lowest BCUT2D eigenvalue weighted by Crippen LogP contribution is -2.31. The molecule has 1 atom stereocenters. The van der Waals surface area contributed by atoms with E-state index in [2.05, 4.69) is 10.6 Å². The lowest BCUT2D eigenvalue weighted by molar-refractivity contribution is -0.137. The molecule has 6 heteroatoms. The van der Waals surface area contributed by atoms with Gasteiger partial charge in [-0.15, -0.1) is 0 Å². The van der Waals surface area contributed by atoms with Gasteiger partial charge >= 0.3 is 6.18 Å². The van der Waals surface area contributed by atoms with E-state index < -0.39 is 17.6 Å². The maximum atomic E-state index is 12.8. The van der Waals surface area contributed by atoms with Crippen LogP contribution in [-0.4, -0.2) is 18.5 Å². The van der Waals surface area contributed by atoms with E-state index in [0.717, 1.165) is 19.0 Å². The second-order valence-electron chi connectivity index (χ2n) is 4.65. The third kappa shape index (κ3) is 5.21. The molecule has 112 valence electrons. The van der Waals surface area contributed by atoms with Crippen molar-refractivity contribution in [2.24, 2.45) is 0 Å². The molecule has 0 aliphatic rings. The van der Waals surface area contributed by atoms with Crippen LogP contribution < -0.4 is 10.6 Å². The van der Waals surface area contributed by atoms with Gasteiger partial charge in [-0.25, -0.2) is 0 Å². The van der Waals surface area contributed by atoms with Crippen LogP contribution >= 0.6 is 0 Å². The van der Waals surface area contributed by atoms with E-state index in [0.29, 0.717) is 0 Å². The summed E-state index contributed by atoms with van der Waals surface area (Å²) in [6, 6.07) is 4.89. The number of anilines is 1. The van der Waals surface area contributed by atoms with Gasteiger partial charge in [0.25, 0.3) is 0 Å². The summed E-state index contributed by atoms with van der Waals surface area (Å²) in [5, 5.41) is 5.44. The maximum Gasteiger partial charge on any atom is 0.418 e. The van der Waals surface area contributed by atoms with E-state index in [4.69, 9.17) is 0 Å². The Morgan fingerprint density at radius 1 is 1.30 bits per heavy atom. The molecule has 1 unspecified atom stereocenters. The summed E-state index contributed by atoms with van der Waals surface area (Å²) in [5.74, 6) is -0.433. The number of nitrogens with one attached hydrogen (secondary N) is 2. The number of rotatable bonds is 6. The van der Waals surface area contributed by atoms with Crippen molar-refractivity contribution in [2.75, 3.05) is 11.9 Å². The lowest BCUT2D eigenvalue weighted by atomic mass is 10.1. The fourth-order valence-corrected chi connectivity index (χ4v) is 1.78. The zero-order valence-corrected chi connectivity index (χ0v) is 11.6. The van der Waals surface area contributed by atoms with Crippen LogP contribution in [0.4, 0.5) is 18.9 Å². The van der Waals surface area contributed by atoms with Crippen LogP contribution in [0.15, 0.2) is 24.3 Å². The van der Waals surface area contributed by atoms with Crippen molar-refractivity contribution in [2.45, 2.75) is 38.9 Å². The van der Waals surface area contributed by atoms with E-state index in [9.17, 15) is 18.0 Å². The van der Waals surface area contributed by atoms with Crippen molar-refractivity contribution in [3.05, 3.63) is 29.8 Å². The van der Waals surface area contributed by atoms with Crippen molar-refractivity contribution in [3.63, 3.8) is 0 Å². The minimum absolute atomic E-state index is 0.0759. The van der Waals surface area contributed by atoms with E-state index in [1.807, 2.05) is 13.8 Å². The monoisotopic (exact) mass is 288 g/mol. The first-order valence-corrected chi connectivity index (χ1v) is 6.54. The molecule has 0 spiro atoms. The second-order valence-corrected chi connectivity index (χ2v) is 4.65. The normalized spacial score (nSPS) is 13.1. The first kappa shape index (κ1) is 16.5. The fraction of sp³-hybridized carbons (Fsp3) is 0.500. The Morgan fingerprint density at radius 2 is 1.95 bits per heavy atom. The summed E-state index contributed by atoms with van der Waals surface area (Å²) >= 11 is 0. The van der Waals surface area contributed by atoms with E-state index in [1.165, 1.54) is 18.2 Å². The summed E-state index contributed by atoms with van der Waals surface area (Å²) in [6.45, 7) is 4.60. The Hall–Kier alpha value is -1.56. The van der Waals surface area contributed by atoms with Gasteiger partial charge in [-0.3, -0.25) is 4.79 Å². The minimum Gasteiger partial charge on any atom is -0.325 e. The highest BCUT2D eigenvalue weighted by Crippen LogP contribution is 2.34. The molecule has 0 aliphatic heterocycles. The van der Waals surface area contributed by atoms with Crippen molar-refractivity contribution in [1.29, 1.82) is 0 Å². The molecule has 0 aliphatic carbocycles. The number of benzene rings is 1. The smallest absolute Gasteiger partial charge is 0.325 e. The molecule has 0 saturated heterocycles. The van der Waals surface area contributed by atoms with Crippen LogP contribution in [0.2, 0.25) is 0 Å². The van der Waals surface area contributed by atoms with Gasteiger partial charge in [-0.1, -0.05) is 19.1 Å². The van der Waals surface area contributed by atoms with Gasteiger partial charge in [0.15, 0.2) is 0 Å². The van der Waals surface area contributed by atoms with E-state index >= 15 is 0 Å². The number of para-hydroxylation sites is 1. The standard InChI is InChI=1S/C14H19F3N2O/c1-3-8-18-10(2)9-13(20)19-12-7-5-4-6-11(12)14(15,16)17/h4-7,10,18H,3,8-9H2,1-2H3,(H,19,20). The first-order valence-electron chi connectivity index (χ1n) is 6.54. The third-order valence-corrected chi connectivity index (χ3v) is 2.74. The molecule has 0 saturated carbocycles. The summed E-state index contributed by atoms with van der Waals surface area (Å²) < 4.78 is 38.3. The molecule has 1 aromatic carbocycles. The van der Waals surface area contributed by atoms with Gasteiger partial charge in [-0.05, 0) is 32.0 Å². The molecule has 2 N–H and O–H groups in total. The summed E-state index contributed by atoms with van der Waals surface area (Å²) in [6.07, 6.45) is -3.41. The Kier molecular flexibility index (Phi) is 6.01. The molecule has 0 heterocycles.